The molecule has 24 heavy (non-hydrogen) atoms. The van der Waals surface area contributed by atoms with E-state index in [1.165, 1.54) is 0 Å². The second-order valence-electron chi connectivity index (χ2n) is 6.15. The molecule has 0 aliphatic carbocycles. The first-order chi connectivity index (χ1) is 11.5. The number of nitrogens with zero attached hydrogens (tertiary/aromatic N) is 3. The third-order valence-corrected chi connectivity index (χ3v) is 3.50. The summed E-state index contributed by atoms with van der Waals surface area (Å²) in [7, 11) is 0. The lowest BCUT2D eigenvalue weighted by molar-refractivity contribution is -0.131. The second kappa shape index (κ2) is 8.86. The number of aromatic amines is 1. The van der Waals surface area contributed by atoms with Crippen LogP contribution in [0.1, 0.15) is 31.7 Å². The molecule has 0 bridgehead atoms. The largest absolute Gasteiger partial charge is 0.367 e. The Balaban J connectivity index is 1.91. The quantitative estimate of drug-likeness (QED) is 0.780. The zero-order valence-corrected chi connectivity index (χ0v) is 14.3. The number of carbonyl (C=O) groups excluding carboxylic acids is 1. The minimum absolute atomic E-state index is 0.108. The summed E-state index contributed by atoms with van der Waals surface area (Å²) < 4.78 is 0. The van der Waals surface area contributed by atoms with E-state index >= 15 is 0 Å². The van der Waals surface area contributed by atoms with Crippen LogP contribution in [0.25, 0.3) is 6.08 Å². The fourth-order valence-electron chi connectivity index (χ4n) is 2.40. The number of rotatable bonds is 8. The summed E-state index contributed by atoms with van der Waals surface area (Å²) in [4.78, 5) is 18.4. The molecule has 0 spiro atoms. The summed E-state index contributed by atoms with van der Waals surface area (Å²) in [5, 5.41) is 6.51. The van der Waals surface area contributed by atoms with Crippen molar-refractivity contribution < 1.29 is 4.79 Å². The number of aryl methyl sites for hydroxylation is 1. The molecular weight excluding hydrogens is 302 g/mol. The van der Waals surface area contributed by atoms with Crippen LogP contribution < -0.4 is 5.73 Å². The number of amides is 1. The summed E-state index contributed by atoms with van der Waals surface area (Å²) in [6, 6.07) is 10.1. The van der Waals surface area contributed by atoms with Crippen LogP contribution in [0.3, 0.4) is 0 Å². The Labute approximate surface area is 142 Å². The molecule has 2 rings (SSSR count). The molecule has 3 N–H and O–H groups in total. The fourth-order valence-corrected chi connectivity index (χ4v) is 2.40. The molecule has 1 aromatic carbocycles. The van der Waals surface area contributed by atoms with E-state index < -0.39 is 0 Å². The average molecular weight is 327 g/mol. The number of hydrogen-bond acceptors (Lipinski definition) is 4. The van der Waals surface area contributed by atoms with Crippen LogP contribution in [0.2, 0.25) is 0 Å². The van der Waals surface area contributed by atoms with E-state index in [2.05, 4.69) is 29.0 Å². The number of H-pyrrole nitrogens is 1. The molecule has 6 nitrogen and oxygen atoms in total. The van der Waals surface area contributed by atoms with Crippen molar-refractivity contribution >= 4 is 17.9 Å². The van der Waals surface area contributed by atoms with Crippen LogP contribution in [0, 0.1) is 5.92 Å². The van der Waals surface area contributed by atoms with E-state index in [-0.39, 0.29) is 11.9 Å². The maximum atomic E-state index is 12.5. The van der Waals surface area contributed by atoms with Crippen molar-refractivity contribution in [2.75, 3.05) is 18.8 Å². The molecule has 0 fully saturated rings. The van der Waals surface area contributed by atoms with Crippen LogP contribution in [-0.2, 0) is 11.2 Å². The van der Waals surface area contributed by atoms with Gasteiger partial charge in [-0.05, 0) is 11.5 Å². The average Bonchev–Trinajstić information content (AvgIpc) is 2.98. The van der Waals surface area contributed by atoms with Crippen molar-refractivity contribution in [3.8, 4) is 0 Å². The second-order valence-corrected chi connectivity index (χ2v) is 6.15. The smallest absolute Gasteiger partial charge is 0.239 e. The topological polar surface area (TPSA) is 87.9 Å². The van der Waals surface area contributed by atoms with Crippen LogP contribution >= 0.6 is 0 Å². The van der Waals surface area contributed by atoms with Gasteiger partial charge in [0.25, 0.3) is 0 Å². The van der Waals surface area contributed by atoms with E-state index in [9.17, 15) is 4.79 Å². The van der Waals surface area contributed by atoms with Crippen molar-refractivity contribution in [1.82, 2.24) is 20.1 Å². The summed E-state index contributed by atoms with van der Waals surface area (Å²) in [6.45, 7) is 5.55. The van der Waals surface area contributed by atoms with Gasteiger partial charge >= 0.3 is 0 Å². The molecule has 0 aliphatic heterocycles. The highest BCUT2D eigenvalue weighted by atomic mass is 16.2. The summed E-state index contributed by atoms with van der Waals surface area (Å²) in [6.07, 6.45) is 4.97. The predicted molar refractivity (Wildman–Crippen MR) is 96.0 cm³/mol. The predicted octanol–water partition coefficient (Wildman–Crippen LogP) is 2.52. The Hall–Kier alpha value is -2.63. The molecule has 0 atom stereocenters. The van der Waals surface area contributed by atoms with Crippen LogP contribution in [0.4, 0.5) is 5.95 Å². The first kappa shape index (κ1) is 17.7. The normalized spacial score (nSPS) is 11.3. The number of nitrogens with two attached hydrogens (primary N) is 1. The highest BCUT2D eigenvalue weighted by Gasteiger charge is 2.14. The maximum absolute atomic E-state index is 12.5. The molecule has 0 unspecified atom stereocenters. The lowest BCUT2D eigenvalue weighted by Crippen LogP contribution is -2.34. The van der Waals surface area contributed by atoms with E-state index in [0.717, 1.165) is 12.1 Å². The minimum Gasteiger partial charge on any atom is -0.367 e. The van der Waals surface area contributed by atoms with Crippen molar-refractivity contribution in [2.24, 2.45) is 5.92 Å². The van der Waals surface area contributed by atoms with Gasteiger partial charge in [-0.25, -0.2) is 0 Å². The van der Waals surface area contributed by atoms with Crippen LogP contribution in [-0.4, -0.2) is 39.1 Å². The van der Waals surface area contributed by atoms with Crippen molar-refractivity contribution in [2.45, 2.75) is 26.7 Å². The Morgan fingerprint density at radius 3 is 2.71 bits per heavy atom. The Morgan fingerprint density at radius 2 is 2.08 bits per heavy atom. The molecule has 0 radical (unpaired) electrons. The summed E-state index contributed by atoms with van der Waals surface area (Å²) in [5.41, 5.74) is 6.60. The number of benzene rings is 1. The number of hydrogen-bond donors (Lipinski definition) is 2. The summed E-state index contributed by atoms with van der Waals surface area (Å²) in [5.74, 6) is 1.38. The zero-order valence-electron chi connectivity index (χ0n) is 14.3. The molecule has 6 heteroatoms. The first-order valence-electron chi connectivity index (χ1n) is 8.20. The van der Waals surface area contributed by atoms with Gasteiger partial charge in [0.1, 0.15) is 5.82 Å². The van der Waals surface area contributed by atoms with Crippen molar-refractivity contribution in [3.05, 3.63) is 47.8 Å². The molecular formula is C18H25N5O. The lowest BCUT2D eigenvalue weighted by Gasteiger charge is -2.23. The molecule has 1 heterocycles. The first-order valence-corrected chi connectivity index (χ1v) is 8.20. The Kier molecular flexibility index (Phi) is 6.54. The minimum atomic E-state index is 0.108. The van der Waals surface area contributed by atoms with E-state index in [0.29, 0.717) is 31.1 Å². The van der Waals surface area contributed by atoms with Crippen molar-refractivity contribution in [1.29, 1.82) is 0 Å². The highest BCUT2D eigenvalue weighted by molar-refractivity contribution is 5.76. The third-order valence-electron chi connectivity index (χ3n) is 3.50. The van der Waals surface area contributed by atoms with E-state index in [1.807, 2.05) is 47.4 Å². The maximum Gasteiger partial charge on any atom is 0.239 e. The number of nitrogens with one attached hydrogen (secondary N) is 1. The molecule has 1 aromatic heterocycles. The fraction of sp³-hybridized carbons (Fsp3) is 0.389. The van der Waals surface area contributed by atoms with Gasteiger partial charge in [0.15, 0.2) is 0 Å². The van der Waals surface area contributed by atoms with Crippen LogP contribution in [0.15, 0.2) is 36.4 Å². The Bertz CT molecular complexity index is 663. The molecule has 0 saturated heterocycles. The summed E-state index contributed by atoms with van der Waals surface area (Å²) >= 11 is 0. The van der Waals surface area contributed by atoms with E-state index in [1.54, 1.807) is 0 Å². The standard InChI is InChI=1S/C18H25N5O/c1-14(2)13-23(12-6-9-15-7-4-3-5-8-15)17(24)11-10-16-20-18(19)22-21-16/h3-9,14H,10-13H2,1-2H3,(H3,19,20,21,22)/b9-6+. The number of nitrogen functional groups attached to an aromatic ring is 1. The molecule has 0 saturated carbocycles. The highest BCUT2D eigenvalue weighted by Crippen LogP contribution is 2.07. The Morgan fingerprint density at radius 1 is 1.33 bits per heavy atom. The van der Waals surface area contributed by atoms with Crippen LogP contribution in [0.5, 0.6) is 0 Å². The van der Waals surface area contributed by atoms with Gasteiger partial charge in [-0.15, -0.1) is 5.10 Å². The SMILES string of the molecule is CC(C)CN(C/C=C/c1ccccc1)C(=O)CCc1nc(N)n[nH]1. The number of aromatic nitrogens is 3. The van der Waals surface area contributed by atoms with Gasteiger partial charge in [0.05, 0.1) is 0 Å². The molecule has 2 aromatic rings. The third kappa shape index (κ3) is 5.87. The molecule has 1 amide bonds. The van der Waals surface area contributed by atoms with Gasteiger partial charge in [-0.1, -0.05) is 56.3 Å². The van der Waals surface area contributed by atoms with E-state index in [4.69, 9.17) is 5.73 Å². The monoisotopic (exact) mass is 327 g/mol. The number of anilines is 1. The zero-order chi connectivity index (χ0) is 17.4. The van der Waals surface area contributed by atoms with Gasteiger partial charge in [-0.2, -0.15) is 4.98 Å². The van der Waals surface area contributed by atoms with Gasteiger partial charge in [-0.3, -0.25) is 9.89 Å². The number of carbonyl (C=O) groups is 1. The van der Waals surface area contributed by atoms with Crippen molar-refractivity contribution in [3.63, 3.8) is 0 Å². The van der Waals surface area contributed by atoms with Gasteiger partial charge < -0.3 is 10.6 Å². The molecule has 0 aliphatic rings. The van der Waals surface area contributed by atoms with Gasteiger partial charge in [0, 0.05) is 25.9 Å². The molecule has 128 valence electrons. The van der Waals surface area contributed by atoms with Gasteiger partial charge in [0.2, 0.25) is 11.9 Å². The lowest BCUT2D eigenvalue weighted by atomic mass is 10.1.